The molecule has 2 atom stereocenters. The van der Waals surface area contributed by atoms with Gasteiger partial charge < -0.3 is 28.4 Å². The van der Waals surface area contributed by atoms with Gasteiger partial charge in [0.05, 0.1) is 33.3 Å². The Kier molecular flexibility index (Phi) is 11.0. The zero-order valence-electron chi connectivity index (χ0n) is 32.5. The second kappa shape index (κ2) is 16.2. The lowest BCUT2D eigenvalue weighted by Crippen LogP contribution is -2.39. The Hall–Kier alpha value is -5.03. The van der Waals surface area contributed by atoms with Crippen molar-refractivity contribution in [3.05, 3.63) is 151 Å². The predicted molar refractivity (Wildman–Crippen MR) is 219 cm³/mol. The van der Waals surface area contributed by atoms with Crippen LogP contribution in [0.3, 0.4) is 0 Å². The molecular weight excluding hydrogens is 772 g/mol. The second-order valence-corrected chi connectivity index (χ2v) is 15.7. The first kappa shape index (κ1) is 37.9. The minimum Gasteiger partial charge on any atom is -0.501 e. The number of fused-ring (bicyclic) bond motifs is 2. The van der Waals surface area contributed by atoms with Crippen molar-refractivity contribution < 1.29 is 33.2 Å². The number of ether oxygens (including phenoxy) is 6. The Labute approximate surface area is 337 Å². The van der Waals surface area contributed by atoms with Crippen LogP contribution < -0.4 is 18.9 Å². The fraction of sp³-hybridized carbons (Fsp3) is 0.326. The van der Waals surface area contributed by atoms with Crippen molar-refractivity contribution in [3.63, 3.8) is 0 Å². The van der Waals surface area contributed by atoms with Crippen molar-refractivity contribution in [3.8, 4) is 23.0 Å². The number of carbonyl (C=O) groups is 1. The Morgan fingerprint density at radius 3 is 2.34 bits per heavy atom. The monoisotopic (exact) mass is 818 g/mol. The minimum absolute atomic E-state index is 0.0884. The Balaban J connectivity index is 1.28. The van der Waals surface area contributed by atoms with E-state index in [0.29, 0.717) is 59.3 Å². The molecule has 56 heavy (non-hydrogen) atoms. The Morgan fingerprint density at radius 2 is 1.59 bits per heavy atom. The summed E-state index contributed by atoms with van der Waals surface area (Å²) in [5.74, 6) is 4.51. The van der Waals surface area contributed by atoms with Gasteiger partial charge in [0.15, 0.2) is 23.0 Å². The smallest absolute Gasteiger partial charge is 0.343 e. The van der Waals surface area contributed by atoms with E-state index in [4.69, 9.17) is 28.4 Å². The largest absolute Gasteiger partial charge is 0.501 e. The Morgan fingerprint density at radius 1 is 0.821 bits per heavy atom. The van der Waals surface area contributed by atoms with E-state index in [2.05, 4.69) is 76.3 Å². The first-order valence-corrected chi connectivity index (χ1v) is 19.9. The molecule has 3 aromatic rings. The van der Waals surface area contributed by atoms with Crippen molar-refractivity contribution >= 4 is 21.9 Å². The lowest BCUT2D eigenvalue weighted by atomic mass is 9.87. The lowest BCUT2D eigenvalue weighted by Gasteiger charge is -2.37. The number of carbonyl (C=O) groups excluding carboxylic acids is 1. The number of hydrogen-bond acceptors (Lipinski definition) is 9. The molecule has 290 valence electrons. The molecule has 0 fully saturated rings. The molecule has 4 aliphatic heterocycles. The third-order valence-corrected chi connectivity index (χ3v) is 11.9. The number of benzene rings is 3. The maximum absolute atomic E-state index is 13.5. The predicted octanol–water partition coefficient (Wildman–Crippen LogP) is 9.17. The molecule has 4 heterocycles. The number of hydrogen-bond donors (Lipinski definition) is 0. The molecule has 6 bridgehead atoms. The molecule has 0 spiro atoms. The first-order chi connectivity index (χ1) is 27.2. The van der Waals surface area contributed by atoms with E-state index in [1.165, 1.54) is 16.7 Å². The van der Waals surface area contributed by atoms with Crippen molar-refractivity contribution in [1.29, 1.82) is 0 Å². The highest BCUT2D eigenvalue weighted by Crippen LogP contribution is 2.50. The number of esters is 1. The second-order valence-electron chi connectivity index (χ2n) is 14.8. The lowest BCUT2D eigenvalue weighted by molar-refractivity contribution is 0.0615. The van der Waals surface area contributed by atoms with Crippen molar-refractivity contribution in [2.45, 2.75) is 50.6 Å². The summed E-state index contributed by atoms with van der Waals surface area (Å²) in [7, 11) is 9.41. The van der Waals surface area contributed by atoms with E-state index in [9.17, 15) is 4.79 Å². The van der Waals surface area contributed by atoms with Gasteiger partial charge in [0.2, 0.25) is 5.75 Å². The average Bonchev–Trinajstić information content (AvgIpc) is 3.50. The molecule has 0 saturated heterocycles. The van der Waals surface area contributed by atoms with Crippen LogP contribution in [0.15, 0.2) is 129 Å². The van der Waals surface area contributed by atoms with Crippen LogP contribution in [0.25, 0.3) is 0 Å². The summed E-state index contributed by atoms with van der Waals surface area (Å²) in [6.45, 7) is 1.77. The molecule has 10 heteroatoms. The highest BCUT2D eigenvalue weighted by molar-refractivity contribution is 9.10. The normalized spacial score (nSPS) is 21.1. The van der Waals surface area contributed by atoms with Crippen LogP contribution in [-0.2, 0) is 22.3 Å². The molecule has 9 rings (SSSR count). The van der Waals surface area contributed by atoms with Crippen LogP contribution >= 0.6 is 15.9 Å². The summed E-state index contributed by atoms with van der Waals surface area (Å²) < 4.78 is 38.8. The van der Waals surface area contributed by atoms with E-state index in [0.717, 1.165) is 65.0 Å². The summed E-state index contributed by atoms with van der Waals surface area (Å²) in [5, 5.41) is 0. The van der Waals surface area contributed by atoms with E-state index >= 15 is 0 Å². The van der Waals surface area contributed by atoms with Gasteiger partial charge in [-0.25, -0.2) is 4.79 Å². The summed E-state index contributed by atoms with van der Waals surface area (Å²) in [6.07, 6.45) is 14.7. The molecule has 0 radical (unpaired) electrons. The Bertz CT molecular complexity index is 2210. The molecule has 0 N–H and O–H groups in total. The highest BCUT2D eigenvalue weighted by atomic mass is 79.9. The van der Waals surface area contributed by atoms with Gasteiger partial charge in [-0.1, -0.05) is 34.1 Å². The minimum atomic E-state index is -0.456. The third kappa shape index (κ3) is 7.70. The quantitative estimate of drug-likeness (QED) is 0.234. The van der Waals surface area contributed by atoms with Gasteiger partial charge in [0.25, 0.3) is 0 Å². The molecule has 6 aliphatic rings. The van der Waals surface area contributed by atoms with Crippen molar-refractivity contribution in [1.82, 2.24) is 9.80 Å². The van der Waals surface area contributed by atoms with Gasteiger partial charge in [0.1, 0.15) is 17.3 Å². The third-order valence-electron chi connectivity index (χ3n) is 11.4. The van der Waals surface area contributed by atoms with Crippen LogP contribution in [0.4, 0.5) is 0 Å². The van der Waals surface area contributed by atoms with Gasteiger partial charge in [0, 0.05) is 35.2 Å². The van der Waals surface area contributed by atoms with Crippen LogP contribution in [0.2, 0.25) is 0 Å². The standard InChI is InChI=1S/C46H47BrN2O7/c1-48-19-17-31-24-35(51-3)26-36-27-37(31)38(48)21-28-9-15-34(16-10-28)54-41-23-29(7-6-8-40(41)56-46(50)30-11-13-33(47)14-12-30)22-39-43-32(18-20-49(39)2)25-42(52-4)44(53-5)45(43)55-36/h7-16,23-25,27,38-39H,6,17-22,26H2,1-5H3. The fourth-order valence-corrected chi connectivity index (χ4v) is 8.57. The topological polar surface area (TPSA) is 78.9 Å². The van der Waals surface area contributed by atoms with Crippen molar-refractivity contribution in [2.75, 3.05) is 48.5 Å². The summed E-state index contributed by atoms with van der Waals surface area (Å²) in [4.78, 5) is 18.3. The summed E-state index contributed by atoms with van der Waals surface area (Å²) in [5.41, 5.74) is 7.34. The number of likely N-dealkylation sites (N-methyl/N-ethyl adjacent to an activating group) is 2. The fourth-order valence-electron chi connectivity index (χ4n) is 8.30. The molecule has 2 unspecified atom stereocenters. The first-order valence-electron chi connectivity index (χ1n) is 19.1. The number of nitrogens with zero attached hydrogens (tertiary/aromatic N) is 2. The van der Waals surface area contributed by atoms with Gasteiger partial charge in [-0.3, -0.25) is 9.80 Å². The zero-order valence-corrected chi connectivity index (χ0v) is 34.1. The van der Waals surface area contributed by atoms with Crippen LogP contribution in [0, 0.1) is 0 Å². The molecule has 3 aromatic carbocycles. The summed E-state index contributed by atoms with van der Waals surface area (Å²) >= 11 is 3.46. The van der Waals surface area contributed by atoms with Crippen LogP contribution in [0.1, 0.15) is 58.8 Å². The highest BCUT2D eigenvalue weighted by Gasteiger charge is 2.35. The molecule has 0 saturated carbocycles. The van der Waals surface area contributed by atoms with E-state index < -0.39 is 5.97 Å². The molecule has 2 aliphatic carbocycles. The van der Waals surface area contributed by atoms with Gasteiger partial charge in [-0.2, -0.15) is 0 Å². The summed E-state index contributed by atoms with van der Waals surface area (Å²) in [6, 6.07) is 17.5. The molecular formula is C46H47BrN2O7. The number of methoxy groups -OCH3 is 3. The van der Waals surface area contributed by atoms with E-state index in [1.807, 2.05) is 36.4 Å². The van der Waals surface area contributed by atoms with E-state index in [1.54, 1.807) is 33.5 Å². The van der Waals surface area contributed by atoms with Crippen LogP contribution in [-0.4, -0.2) is 70.3 Å². The van der Waals surface area contributed by atoms with Crippen LogP contribution in [0.5, 0.6) is 23.0 Å². The van der Waals surface area contributed by atoms with Crippen molar-refractivity contribution in [2.24, 2.45) is 0 Å². The number of halogens is 1. The van der Waals surface area contributed by atoms with E-state index in [-0.39, 0.29) is 12.1 Å². The van der Waals surface area contributed by atoms with Gasteiger partial charge in [-0.15, -0.1) is 0 Å². The van der Waals surface area contributed by atoms with Gasteiger partial charge in [-0.05, 0) is 141 Å². The molecule has 9 nitrogen and oxygen atoms in total. The number of allylic oxidation sites excluding steroid dienone is 4. The molecule has 0 amide bonds. The maximum Gasteiger partial charge on any atom is 0.343 e. The SMILES string of the molecule is COC1=CC2=C3C=C(C1)Oc1c(OC)c(OC)cc4c1C(CC1=CCC=C(OC(=O)c5ccc(Br)cc5)C(=C1)Oc1ccc(cc1)CC3N(C)CC2)N(C)CC4. The zero-order chi connectivity index (χ0) is 38.9. The number of rotatable bonds is 5. The average molecular weight is 820 g/mol. The van der Waals surface area contributed by atoms with Gasteiger partial charge >= 0.3 is 5.97 Å². The maximum atomic E-state index is 13.5. The molecule has 0 aromatic heterocycles.